The van der Waals surface area contributed by atoms with Gasteiger partial charge in [-0.05, 0) is 19.4 Å². The number of nitrogens with one attached hydrogen (secondary N) is 1. The molecule has 1 rings (SSSR count). The molecule has 0 amide bonds. The van der Waals surface area contributed by atoms with Gasteiger partial charge < -0.3 is 10.1 Å². The minimum absolute atomic E-state index is 0.0739. The first-order valence-corrected chi connectivity index (χ1v) is 5.89. The molecular formula is C11H18F3NO2. The van der Waals surface area contributed by atoms with E-state index in [9.17, 15) is 18.0 Å². The summed E-state index contributed by atoms with van der Waals surface area (Å²) in [6, 6.07) is 0. The topological polar surface area (TPSA) is 38.3 Å². The Bertz CT molecular complexity index is 260. The highest BCUT2D eigenvalue weighted by molar-refractivity contribution is 5.78. The lowest BCUT2D eigenvalue weighted by atomic mass is 9.86. The van der Waals surface area contributed by atoms with E-state index in [0.717, 1.165) is 12.8 Å². The van der Waals surface area contributed by atoms with Gasteiger partial charge in [0.15, 0.2) is 5.41 Å². The number of unbranched alkanes of at least 4 members (excludes halogenated alkanes) is 2. The third kappa shape index (κ3) is 3.12. The Labute approximate surface area is 98.7 Å². The molecule has 0 aliphatic carbocycles. The molecule has 1 aliphatic rings. The number of carbonyl (C=O) groups is 1. The molecule has 6 heteroatoms. The van der Waals surface area contributed by atoms with Crippen molar-refractivity contribution in [3.05, 3.63) is 0 Å². The smallest absolute Gasteiger partial charge is 0.406 e. The van der Waals surface area contributed by atoms with Crippen molar-refractivity contribution in [1.29, 1.82) is 0 Å². The minimum atomic E-state index is -4.54. The summed E-state index contributed by atoms with van der Waals surface area (Å²) < 4.78 is 43.5. The first-order chi connectivity index (χ1) is 7.94. The van der Waals surface area contributed by atoms with Crippen LogP contribution in [0.2, 0.25) is 0 Å². The third-order valence-corrected chi connectivity index (χ3v) is 3.07. The van der Waals surface area contributed by atoms with Crippen molar-refractivity contribution in [2.24, 2.45) is 5.41 Å². The average molecular weight is 253 g/mol. The number of alkyl halides is 3. The van der Waals surface area contributed by atoms with E-state index in [-0.39, 0.29) is 26.1 Å². The van der Waals surface area contributed by atoms with Crippen LogP contribution in [0.1, 0.15) is 32.6 Å². The van der Waals surface area contributed by atoms with E-state index in [0.29, 0.717) is 6.42 Å². The predicted molar refractivity (Wildman–Crippen MR) is 56.5 cm³/mol. The summed E-state index contributed by atoms with van der Waals surface area (Å²) in [6.07, 6.45) is -2.38. The van der Waals surface area contributed by atoms with E-state index < -0.39 is 17.6 Å². The Morgan fingerprint density at radius 1 is 1.41 bits per heavy atom. The zero-order valence-corrected chi connectivity index (χ0v) is 9.90. The Morgan fingerprint density at radius 3 is 2.59 bits per heavy atom. The van der Waals surface area contributed by atoms with Crippen LogP contribution in [0.4, 0.5) is 13.2 Å². The molecule has 0 aromatic heterocycles. The Morgan fingerprint density at radius 2 is 2.12 bits per heavy atom. The normalized spacial score (nSPS) is 24.9. The Hall–Kier alpha value is -0.780. The molecule has 1 heterocycles. The van der Waals surface area contributed by atoms with E-state index in [1.807, 2.05) is 6.92 Å². The molecule has 1 aliphatic heterocycles. The van der Waals surface area contributed by atoms with Crippen molar-refractivity contribution in [2.45, 2.75) is 38.8 Å². The lowest BCUT2D eigenvalue weighted by molar-refractivity contribution is -0.229. The first-order valence-electron chi connectivity index (χ1n) is 5.89. The third-order valence-electron chi connectivity index (χ3n) is 3.07. The second kappa shape index (κ2) is 5.71. The quantitative estimate of drug-likeness (QED) is 0.603. The lowest BCUT2D eigenvalue weighted by Gasteiger charge is -2.28. The lowest BCUT2D eigenvalue weighted by Crippen LogP contribution is -2.47. The molecule has 3 nitrogen and oxygen atoms in total. The van der Waals surface area contributed by atoms with Crippen LogP contribution in [0, 0.1) is 5.41 Å². The van der Waals surface area contributed by atoms with Crippen molar-refractivity contribution < 1.29 is 22.7 Å². The van der Waals surface area contributed by atoms with Gasteiger partial charge in [-0.3, -0.25) is 4.79 Å². The molecule has 1 atom stereocenters. The molecule has 1 N–H and O–H groups in total. The number of esters is 1. The van der Waals surface area contributed by atoms with Crippen LogP contribution >= 0.6 is 0 Å². The van der Waals surface area contributed by atoms with E-state index in [1.165, 1.54) is 0 Å². The standard InChI is InChI=1S/C11H18F3NO2/c1-2-3-4-7-17-9(16)10(11(12,13)14)5-6-15-8-10/h15H,2-8H2,1H3. The molecule has 0 aromatic rings. The number of carbonyl (C=O) groups excluding carboxylic acids is 1. The number of hydrogen-bond donors (Lipinski definition) is 1. The molecule has 0 spiro atoms. The molecule has 1 unspecified atom stereocenters. The van der Waals surface area contributed by atoms with E-state index in [4.69, 9.17) is 4.74 Å². The Balaban J connectivity index is 2.56. The molecule has 17 heavy (non-hydrogen) atoms. The van der Waals surface area contributed by atoms with Crippen LogP contribution in [0.15, 0.2) is 0 Å². The van der Waals surface area contributed by atoms with Crippen molar-refractivity contribution in [2.75, 3.05) is 19.7 Å². The first kappa shape index (κ1) is 14.3. The summed E-state index contributed by atoms with van der Waals surface area (Å²) in [6.45, 7) is 1.87. The van der Waals surface area contributed by atoms with Gasteiger partial charge in [-0.25, -0.2) is 0 Å². The maximum absolute atomic E-state index is 12.9. The van der Waals surface area contributed by atoms with Crippen molar-refractivity contribution in [3.63, 3.8) is 0 Å². The molecule has 0 aromatic carbocycles. The highest BCUT2D eigenvalue weighted by Crippen LogP contribution is 2.43. The van der Waals surface area contributed by atoms with Gasteiger partial charge in [-0.15, -0.1) is 0 Å². The second-order valence-electron chi connectivity index (χ2n) is 4.35. The van der Waals surface area contributed by atoms with Gasteiger partial charge >= 0.3 is 12.1 Å². The molecule has 0 radical (unpaired) electrons. The van der Waals surface area contributed by atoms with Gasteiger partial charge in [0.25, 0.3) is 0 Å². The van der Waals surface area contributed by atoms with Crippen molar-refractivity contribution in [1.82, 2.24) is 5.32 Å². The van der Waals surface area contributed by atoms with E-state index in [1.54, 1.807) is 0 Å². The van der Waals surface area contributed by atoms with E-state index >= 15 is 0 Å². The fourth-order valence-corrected chi connectivity index (χ4v) is 1.88. The fourth-order valence-electron chi connectivity index (χ4n) is 1.88. The van der Waals surface area contributed by atoms with Gasteiger partial charge in [0.1, 0.15) is 0 Å². The summed E-state index contributed by atoms with van der Waals surface area (Å²) in [4.78, 5) is 11.6. The van der Waals surface area contributed by atoms with Crippen LogP contribution in [0.5, 0.6) is 0 Å². The van der Waals surface area contributed by atoms with Gasteiger partial charge in [0.2, 0.25) is 0 Å². The highest BCUT2D eigenvalue weighted by atomic mass is 19.4. The molecule has 1 fully saturated rings. The summed E-state index contributed by atoms with van der Waals surface area (Å²) in [5.74, 6) is -1.13. The van der Waals surface area contributed by atoms with Crippen LogP contribution in [-0.2, 0) is 9.53 Å². The van der Waals surface area contributed by atoms with Crippen LogP contribution in [0.3, 0.4) is 0 Å². The number of rotatable bonds is 5. The molecule has 1 saturated heterocycles. The summed E-state index contributed by atoms with van der Waals surface area (Å²) in [5.41, 5.74) is -2.33. The maximum Gasteiger partial charge on any atom is 0.406 e. The molecule has 0 saturated carbocycles. The second-order valence-corrected chi connectivity index (χ2v) is 4.35. The highest BCUT2D eigenvalue weighted by Gasteiger charge is 2.62. The summed E-state index contributed by atoms with van der Waals surface area (Å²) >= 11 is 0. The monoisotopic (exact) mass is 253 g/mol. The number of hydrogen-bond acceptors (Lipinski definition) is 3. The minimum Gasteiger partial charge on any atom is -0.465 e. The summed E-state index contributed by atoms with van der Waals surface area (Å²) in [7, 11) is 0. The zero-order chi connectivity index (χ0) is 12.9. The maximum atomic E-state index is 12.9. The fraction of sp³-hybridized carbons (Fsp3) is 0.909. The van der Waals surface area contributed by atoms with Crippen molar-refractivity contribution in [3.8, 4) is 0 Å². The Kier molecular flexibility index (Phi) is 4.80. The SMILES string of the molecule is CCCCCOC(=O)C1(C(F)(F)F)CCNC1. The average Bonchev–Trinajstić information content (AvgIpc) is 2.73. The van der Waals surface area contributed by atoms with Crippen molar-refractivity contribution >= 4 is 5.97 Å². The largest absolute Gasteiger partial charge is 0.465 e. The van der Waals surface area contributed by atoms with Crippen LogP contribution in [-0.4, -0.2) is 31.8 Å². The summed E-state index contributed by atoms with van der Waals surface area (Å²) in [5, 5.41) is 2.58. The zero-order valence-electron chi connectivity index (χ0n) is 9.90. The number of ether oxygens (including phenoxy) is 1. The van der Waals surface area contributed by atoms with Crippen LogP contribution < -0.4 is 5.32 Å². The van der Waals surface area contributed by atoms with Gasteiger partial charge in [-0.1, -0.05) is 19.8 Å². The number of halogens is 3. The molecular weight excluding hydrogens is 235 g/mol. The van der Waals surface area contributed by atoms with E-state index in [2.05, 4.69) is 5.32 Å². The van der Waals surface area contributed by atoms with Gasteiger partial charge in [0, 0.05) is 6.54 Å². The van der Waals surface area contributed by atoms with Gasteiger partial charge in [-0.2, -0.15) is 13.2 Å². The van der Waals surface area contributed by atoms with Crippen LogP contribution in [0.25, 0.3) is 0 Å². The molecule has 0 bridgehead atoms. The predicted octanol–water partition coefficient (Wildman–Crippen LogP) is 2.26. The van der Waals surface area contributed by atoms with Gasteiger partial charge in [0.05, 0.1) is 6.61 Å². The molecule has 100 valence electrons.